The number of aryl methyl sites for hydroxylation is 3. The molecule has 1 atom stereocenters. The average Bonchev–Trinajstić information content (AvgIpc) is 2.35. The van der Waals surface area contributed by atoms with Crippen LogP contribution in [0.5, 0.6) is 0 Å². The van der Waals surface area contributed by atoms with Gasteiger partial charge in [0.25, 0.3) is 0 Å². The van der Waals surface area contributed by atoms with Gasteiger partial charge in [-0.1, -0.05) is 29.3 Å². The highest BCUT2D eigenvalue weighted by Gasteiger charge is 2.06. The molecule has 0 spiro atoms. The molecule has 2 rings (SSSR count). The summed E-state index contributed by atoms with van der Waals surface area (Å²) in [5, 5.41) is 3.51. The monoisotopic (exact) mass is 255 g/mol. The molecule has 3 heteroatoms. The van der Waals surface area contributed by atoms with Crippen molar-refractivity contribution in [2.75, 3.05) is 0 Å². The van der Waals surface area contributed by atoms with Crippen LogP contribution in [0, 0.1) is 20.8 Å². The zero-order valence-electron chi connectivity index (χ0n) is 12.1. The molecular formula is C16H21N3. The van der Waals surface area contributed by atoms with Crippen LogP contribution in [0.15, 0.2) is 30.5 Å². The first-order valence-electron chi connectivity index (χ1n) is 6.64. The van der Waals surface area contributed by atoms with Crippen molar-refractivity contribution in [2.45, 2.75) is 40.3 Å². The maximum atomic E-state index is 4.40. The van der Waals surface area contributed by atoms with Gasteiger partial charge in [0.2, 0.25) is 0 Å². The molecular weight excluding hydrogens is 234 g/mol. The highest BCUT2D eigenvalue weighted by molar-refractivity contribution is 5.30. The highest BCUT2D eigenvalue weighted by Crippen LogP contribution is 2.16. The van der Waals surface area contributed by atoms with Gasteiger partial charge in [-0.3, -0.25) is 0 Å². The summed E-state index contributed by atoms with van der Waals surface area (Å²) in [6.07, 6.45) is 1.81. The first kappa shape index (κ1) is 13.7. The maximum Gasteiger partial charge on any atom is 0.125 e. The van der Waals surface area contributed by atoms with Crippen molar-refractivity contribution in [3.05, 3.63) is 58.7 Å². The number of nitrogens with one attached hydrogen (secondary N) is 1. The molecule has 0 saturated heterocycles. The van der Waals surface area contributed by atoms with E-state index in [2.05, 4.69) is 54.3 Å². The normalized spacial score (nSPS) is 12.4. The lowest BCUT2D eigenvalue weighted by atomic mass is 10.0. The molecule has 1 aromatic heterocycles. The van der Waals surface area contributed by atoms with Crippen LogP contribution in [0.4, 0.5) is 0 Å². The molecule has 0 saturated carbocycles. The second-order valence-electron chi connectivity index (χ2n) is 5.12. The molecule has 0 radical (unpaired) electrons. The van der Waals surface area contributed by atoms with Crippen LogP contribution in [0.25, 0.3) is 0 Å². The van der Waals surface area contributed by atoms with Crippen LogP contribution in [0.3, 0.4) is 0 Å². The van der Waals surface area contributed by atoms with E-state index in [0.717, 1.165) is 18.1 Å². The van der Waals surface area contributed by atoms with Crippen LogP contribution in [-0.4, -0.2) is 9.97 Å². The first-order valence-corrected chi connectivity index (χ1v) is 6.64. The Morgan fingerprint density at radius 3 is 2.42 bits per heavy atom. The maximum absolute atomic E-state index is 4.40. The van der Waals surface area contributed by atoms with Crippen LogP contribution in [0.1, 0.15) is 41.2 Å². The molecule has 0 aliphatic carbocycles. The van der Waals surface area contributed by atoms with Gasteiger partial charge in [0.15, 0.2) is 0 Å². The molecule has 0 amide bonds. The summed E-state index contributed by atoms with van der Waals surface area (Å²) in [6.45, 7) is 9.13. The predicted octanol–water partition coefficient (Wildman–Crippen LogP) is 3.25. The third kappa shape index (κ3) is 3.86. The fourth-order valence-corrected chi connectivity index (χ4v) is 2.24. The van der Waals surface area contributed by atoms with E-state index in [0.29, 0.717) is 6.04 Å². The van der Waals surface area contributed by atoms with Gasteiger partial charge in [-0.15, -0.1) is 0 Å². The van der Waals surface area contributed by atoms with Crippen LogP contribution in [-0.2, 0) is 6.54 Å². The Hall–Kier alpha value is -1.74. The first-order chi connectivity index (χ1) is 9.04. The topological polar surface area (TPSA) is 37.8 Å². The minimum atomic E-state index is 0.314. The number of rotatable bonds is 4. The SMILES string of the molecule is Cc1cc(C)cc(C(C)NCc2ccnc(C)n2)c1. The van der Waals surface area contributed by atoms with Crippen molar-refractivity contribution in [1.82, 2.24) is 15.3 Å². The zero-order chi connectivity index (χ0) is 13.8. The Kier molecular flexibility index (Phi) is 4.27. The van der Waals surface area contributed by atoms with Crippen molar-refractivity contribution >= 4 is 0 Å². The fraction of sp³-hybridized carbons (Fsp3) is 0.375. The molecule has 0 aliphatic heterocycles. The van der Waals surface area contributed by atoms with E-state index >= 15 is 0 Å². The van der Waals surface area contributed by atoms with Crippen molar-refractivity contribution in [2.24, 2.45) is 0 Å². The molecule has 1 aromatic carbocycles. The second-order valence-corrected chi connectivity index (χ2v) is 5.12. The molecule has 1 N–H and O–H groups in total. The molecule has 3 nitrogen and oxygen atoms in total. The molecule has 2 aromatic rings. The van der Waals surface area contributed by atoms with Gasteiger partial charge >= 0.3 is 0 Å². The molecule has 0 aliphatic rings. The summed E-state index contributed by atoms with van der Waals surface area (Å²) in [4.78, 5) is 8.51. The Labute approximate surface area is 115 Å². The molecule has 100 valence electrons. The quantitative estimate of drug-likeness (QED) is 0.911. The van der Waals surface area contributed by atoms with E-state index < -0.39 is 0 Å². The Morgan fingerprint density at radius 1 is 1.11 bits per heavy atom. The minimum Gasteiger partial charge on any atom is -0.305 e. The van der Waals surface area contributed by atoms with Crippen molar-refractivity contribution < 1.29 is 0 Å². The lowest BCUT2D eigenvalue weighted by Crippen LogP contribution is -2.19. The van der Waals surface area contributed by atoms with E-state index in [1.54, 1.807) is 6.20 Å². The number of hydrogen-bond acceptors (Lipinski definition) is 3. The predicted molar refractivity (Wildman–Crippen MR) is 77.9 cm³/mol. The number of hydrogen-bond donors (Lipinski definition) is 1. The summed E-state index contributed by atoms with van der Waals surface area (Å²) < 4.78 is 0. The van der Waals surface area contributed by atoms with Crippen molar-refractivity contribution in [3.8, 4) is 0 Å². The van der Waals surface area contributed by atoms with E-state index in [9.17, 15) is 0 Å². The fourth-order valence-electron chi connectivity index (χ4n) is 2.24. The summed E-state index contributed by atoms with van der Waals surface area (Å²) in [5.41, 5.74) is 4.97. The summed E-state index contributed by atoms with van der Waals surface area (Å²) in [5.74, 6) is 0.818. The van der Waals surface area contributed by atoms with E-state index in [-0.39, 0.29) is 0 Å². The van der Waals surface area contributed by atoms with Gasteiger partial charge in [0, 0.05) is 18.8 Å². The lowest BCUT2D eigenvalue weighted by Gasteiger charge is -2.15. The largest absolute Gasteiger partial charge is 0.305 e. The van der Waals surface area contributed by atoms with Crippen molar-refractivity contribution in [1.29, 1.82) is 0 Å². The van der Waals surface area contributed by atoms with E-state index in [1.807, 2.05) is 13.0 Å². The Morgan fingerprint density at radius 2 is 1.79 bits per heavy atom. The number of benzene rings is 1. The van der Waals surface area contributed by atoms with Gasteiger partial charge in [-0.2, -0.15) is 0 Å². The molecule has 0 bridgehead atoms. The van der Waals surface area contributed by atoms with Gasteiger partial charge in [0.05, 0.1) is 5.69 Å². The second kappa shape index (κ2) is 5.93. The molecule has 0 fully saturated rings. The third-order valence-corrected chi connectivity index (χ3v) is 3.17. The molecule has 1 unspecified atom stereocenters. The standard InChI is InChI=1S/C16H21N3/c1-11-7-12(2)9-15(8-11)13(3)18-10-16-5-6-17-14(4)19-16/h5-9,13,18H,10H2,1-4H3. The molecule has 19 heavy (non-hydrogen) atoms. The lowest BCUT2D eigenvalue weighted by molar-refractivity contribution is 0.565. The third-order valence-electron chi connectivity index (χ3n) is 3.17. The van der Waals surface area contributed by atoms with Crippen molar-refractivity contribution in [3.63, 3.8) is 0 Å². The number of aromatic nitrogens is 2. The van der Waals surface area contributed by atoms with Gasteiger partial charge in [-0.25, -0.2) is 9.97 Å². The molecule has 1 heterocycles. The summed E-state index contributed by atoms with van der Waals surface area (Å²) in [6, 6.07) is 8.93. The number of nitrogens with zero attached hydrogens (tertiary/aromatic N) is 2. The summed E-state index contributed by atoms with van der Waals surface area (Å²) in [7, 11) is 0. The van der Waals surface area contributed by atoms with Gasteiger partial charge in [-0.05, 0) is 39.3 Å². The van der Waals surface area contributed by atoms with Crippen LogP contribution < -0.4 is 5.32 Å². The van der Waals surface area contributed by atoms with E-state index in [1.165, 1.54) is 16.7 Å². The summed E-state index contributed by atoms with van der Waals surface area (Å²) >= 11 is 0. The van der Waals surface area contributed by atoms with Crippen LogP contribution in [0.2, 0.25) is 0 Å². The van der Waals surface area contributed by atoms with E-state index in [4.69, 9.17) is 0 Å². The Balaban J connectivity index is 2.03. The van der Waals surface area contributed by atoms with Crippen LogP contribution >= 0.6 is 0 Å². The average molecular weight is 255 g/mol. The minimum absolute atomic E-state index is 0.314. The van der Waals surface area contributed by atoms with Gasteiger partial charge < -0.3 is 5.32 Å². The zero-order valence-corrected chi connectivity index (χ0v) is 12.1. The highest BCUT2D eigenvalue weighted by atomic mass is 14.9. The van der Waals surface area contributed by atoms with Gasteiger partial charge in [0.1, 0.15) is 5.82 Å². The Bertz CT molecular complexity index is 543. The smallest absolute Gasteiger partial charge is 0.125 e.